The van der Waals surface area contributed by atoms with Gasteiger partial charge in [-0.25, -0.2) is 0 Å². The molecule has 170 valence electrons. The molecular formula is C28H53N. The Hall–Kier alpha value is -0.720. The number of aryl methyl sites for hydroxylation is 2. The van der Waals surface area contributed by atoms with Crippen molar-refractivity contribution >= 4 is 0 Å². The molecule has 0 aliphatic carbocycles. The molecule has 0 amide bonds. The zero-order valence-electron chi connectivity index (χ0n) is 20.2. The van der Waals surface area contributed by atoms with Crippen molar-refractivity contribution in [3.63, 3.8) is 0 Å². The van der Waals surface area contributed by atoms with E-state index in [-0.39, 0.29) is 0 Å². The van der Waals surface area contributed by atoms with Crippen LogP contribution in [0.5, 0.6) is 0 Å². The van der Waals surface area contributed by atoms with Crippen LogP contribution in [0, 0.1) is 0 Å². The van der Waals surface area contributed by atoms with Crippen LogP contribution < -0.4 is 0 Å². The number of rotatable bonds is 22. The molecule has 0 aromatic carbocycles. The molecule has 0 aliphatic rings. The van der Waals surface area contributed by atoms with Gasteiger partial charge in [0.1, 0.15) is 0 Å². The largest absolute Gasteiger partial charge is 0.357 e. The molecule has 29 heavy (non-hydrogen) atoms. The number of aromatic nitrogens is 1. The number of unbranched alkanes of at least 4 members (excludes halogenated alkanes) is 20. The van der Waals surface area contributed by atoms with Crippen molar-refractivity contribution in [3.05, 3.63) is 24.0 Å². The minimum absolute atomic E-state index is 1.26. The van der Waals surface area contributed by atoms with Gasteiger partial charge < -0.3 is 4.57 Å². The van der Waals surface area contributed by atoms with E-state index in [2.05, 4.69) is 37.0 Å². The van der Waals surface area contributed by atoms with Crippen molar-refractivity contribution in [2.45, 2.75) is 148 Å². The predicted molar refractivity (Wildman–Crippen MR) is 132 cm³/mol. The summed E-state index contributed by atoms with van der Waals surface area (Å²) in [5.74, 6) is 0. The van der Waals surface area contributed by atoms with Crippen LogP contribution in [0.25, 0.3) is 0 Å². The quantitative estimate of drug-likeness (QED) is 0.170. The maximum atomic E-state index is 2.30. The summed E-state index contributed by atoms with van der Waals surface area (Å²) in [5, 5.41) is 0. The van der Waals surface area contributed by atoms with Gasteiger partial charge in [-0.05, 0) is 24.5 Å². The van der Waals surface area contributed by atoms with Crippen LogP contribution in [0.2, 0.25) is 0 Å². The summed E-state index contributed by atoms with van der Waals surface area (Å²) in [7, 11) is 2.11. The fourth-order valence-corrected chi connectivity index (χ4v) is 4.47. The smallest absolute Gasteiger partial charge is 0.0106 e. The fourth-order valence-electron chi connectivity index (χ4n) is 4.47. The van der Waals surface area contributed by atoms with Crippen molar-refractivity contribution in [1.29, 1.82) is 0 Å². The first-order valence-corrected chi connectivity index (χ1v) is 13.4. The molecule has 1 heteroatoms. The van der Waals surface area contributed by atoms with E-state index in [0.29, 0.717) is 0 Å². The van der Waals surface area contributed by atoms with Gasteiger partial charge in [-0.3, -0.25) is 0 Å². The van der Waals surface area contributed by atoms with Gasteiger partial charge in [0.05, 0.1) is 0 Å². The summed E-state index contributed by atoms with van der Waals surface area (Å²) < 4.78 is 2.16. The van der Waals surface area contributed by atoms with Crippen LogP contribution in [0.3, 0.4) is 0 Å². The lowest BCUT2D eigenvalue weighted by molar-refractivity contribution is 0.520. The zero-order chi connectivity index (χ0) is 20.8. The Bertz CT molecular complexity index is 433. The molecule has 0 bridgehead atoms. The van der Waals surface area contributed by atoms with E-state index in [1.165, 1.54) is 147 Å². The third kappa shape index (κ3) is 17.8. The Morgan fingerprint density at radius 2 is 0.862 bits per heavy atom. The predicted octanol–water partition coefficient (Wildman–Crippen LogP) is 9.78. The highest BCUT2D eigenvalue weighted by Crippen LogP contribution is 2.15. The first-order chi connectivity index (χ1) is 14.3. The molecule has 1 aromatic heterocycles. The molecule has 1 rings (SSSR count). The van der Waals surface area contributed by atoms with Crippen LogP contribution in [-0.2, 0) is 13.5 Å². The average Bonchev–Trinajstić information content (AvgIpc) is 3.14. The minimum atomic E-state index is 1.26. The lowest BCUT2D eigenvalue weighted by Crippen LogP contribution is -1.86. The van der Waals surface area contributed by atoms with E-state index in [0.717, 1.165) is 0 Å². The summed E-state index contributed by atoms with van der Waals surface area (Å²) in [6, 6.07) is 2.26. The zero-order valence-corrected chi connectivity index (χ0v) is 20.2. The highest BCUT2D eigenvalue weighted by Gasteiger charge is 1.97. The second-order valence-corrected chi connectivity index (χ2v) is 9.51. The Labute approximate surface area is 184 Å². The molecule has 1 heterocycles. The molecule has 0 aliphatic heterocycles. The third-order valence-electron chi connectivity index (χ3n) is 6.46. The van der Waals surface area contributed by atoms with Gasteiger partial charge >= 0.3 is 0 Å². The highest BCUT2D eigenvalue weighted by atomic mass is 14.9. The Kier molecular flexibility index (Phi) is 18.6. The maximum absolute atomic E-state index is 2.30. The standard InChI is InChI=1S/C28H53N/c1-3-4-5-6-7-8-9-10-11-12-13-14-15-16-17-18-19-20-21-22-23-24-28-25-26-29(2)27-28/h25-27H,3-24H2,1-2H3. The Morgan fingerprint density at radius 3 is 1.17 bits per heavy atom. The molecule has 0 unspecified atom stereocenters. The van der Waals surface area contributed by atoms with Crippen LogP contribution in [0.4, 0.5) is 0 Å². The van der Waals surface area contributed by atoms with Gasteiger partial charge in [0.2, 0.25) is 0 Å². The van der Waals surface area contributed by atoms with Gasteiger partial charge in [-0.2, -0.15) is 0 Å². The van der Waals surface area contributed by atoms with Crippen LogP contribution in [-0.4, -0.2) is 4.57 Å². The minimum Gasteiger partial charge on any atom is -0.357 e. The summed E-state index contributed by atoms with van der Waals surface area (Å²) in [6.45, 7) is 2.30. The van der Waals surface area contributed by atoms with Crippen molar-refractivity contribution in [2.24, 2.45) is 7.05 Å². The normalized spacial score (nSPS) is 11.4. The molecule has 0 radical (unpaired) electrons. The molecule has 0 saturated carbocycles. The molecule has 0 fully saturated rings. The van der Waals surface area contributed by atoms with Crippen molar-refractivity contribution in [2.75, 3.05) is 0 Å². The molecule has 0 saturated heterocycles. The number of hydrogen-bond donors (Lipinski definition) is 0. The highest BCUT2D eigenvalue weighted by molar-refractivity contribution is 5.09. The topological polar surface area (TPSA) is 4.93 Å². The monoisotopic (exact) mass is 403 g/mol. The summed E-state index contributed by atoms with van der Waals surface area (Å²) in [4.78, 5) is 0. The number of hydrogen-bond acceptors (Lipinski definition) is 0. The summed E-state index contributed by atoms with van der Waals surface area (Å²) >= 11 is 0. The number of nitrogens with zero attached hydrogens (tertiary/aromatic N) is 1. The van der Waals surface area contributed by atoms with E-state index >= 15 is 0 Å². The third-order valence-corrected chi connectivity index (χ3v) is 6.46. The maximum Gasteiger partial charge on any atom is 0.0106 e. The van der Waals surface area contributed by atoms with Gasteiger partial charge in [-0.15, -0.1) is 0 Å². The van der Waals surface area contributed by atoms with Crippen molar-refractivity contribution in [1.82, 2.24) is 4.57 Å². The SMILES string of the molecule is CCCCCCCCCCCCCCCCCCCCCCCc1ccn(C)c1. The van der Waals surface area contributed by atoms with Crippen LogP contribution >= 0.6 is 0 Å². The second kappa shape index (κ2) is 20.5. The lowest BCUT2D eigenvalue weighted by atomic mass is 10.0. The molecule has 1 aromatic rings. The van der Waals surface area contributed by atoms with Gasteiger partial charge in [0.25, 0.3) is 0 Å². The molecule has 0 atom stereocenters. The van der Waals surface area contributed by atoms with Crippen molar-refractivity contribution < 1.29 is 0 Å². The molecule has 0 N–H and O–H groups in total. The van der Waals surface area contributed by atoms with E-state index in [4.69, 9.17) is 0 Å². The summed E-state index contributed by atoms with van der Waals surface area (Å²) in [6.07, 6.45) is 36.3. The molecule has 1 nitrogen and oxygen atoms in total. The average molecular weight is 404 g/mol. The van der Waals surface area contributed by atoms with Gasteiger partial charge in [0.15, 0.2) is 0 Å². The molecular weight excluding hydrogens is 350 g/mol. The first-order valence-electron chi connectivity index (χ1n) is 13.4. The second-order valence-electron chi connectivity index (χ2n) is 9.51. The van der Waals surface area contributed by atoms with Crippen LogP contribution in [0.15, 0.2) is 18.5 Å². The summed E-state index contributed by atoms with van der Waals surface area (Å²) in [5.41, 5.74) is 1.50. The van der Waals surface area contributed by atoms with Crippen molar-refractivity contribution in [3.8, 4) is 0 Å². The van der Waals surface area contributed by atoms with E-state index < -0.39 is 0 Å². The molecule has 0 spiro atoms. The fraction of sp³-hybridized carbons (Fsp3) is 0.857. The Balaban J connectivity index is 1.66. The van der Waals surface area contributed by atoms with E-state index in [9.17, 15) is 0 Å². The Morgan fingerprint density at radius 1 is 0.517 bits per heavy atom. The lowest BCUT2D eigenvalue weighted by Gasteiger charge is -2.04. The van der Waals surface area contributed by atoms with E-state index in [1.807, 2.05) is 0 Å². The first kappa shape index (κ1) is 26.3. The van der Waals surface area contributed by atoms with Gasteiger partial charge in [0, 0.05) is 19.4 Å². The van der Waals surface area contributed by atoms with Gasteiger partial charge in [-0.1, -0.05) is 135 Å². The van der Waals surface area contributed by atoms with E-state index in [1.54, 1.807) is 0 Å². The van der Waals surface area contributed by atoms with Crippen LogP contribution in [0.1, 0.15) is 147 Å².